The van der Waals surface area contributed by atoms with E-state index in [1.165, 1.54) is 31.8 Å². The first-order valence-corrected chi connectivity index (χ1v) is 14.8. The third-order valence-corrected chi connectivity index (χ3v) is 10.8. The van der Waals surface area contributed by atoms with E-state index >= 15 is 0 Å². The Morgan fingerprint density at radius 1 is 0.316 bits per heavy atom. The van der Waals surface area contributed by atoms with Crippen molar-refractivity contribution in [3.8, 4) is 0 Å². The van der Waals surface area contributed by atoms with Gasteiger partial charge in [-0.15, -0.1) is 10.6 Å². The summed E-state index contributed by atoms with van der Waals surface area (Å²) in [5.74, 6) is 0. The van der Waals surface area contributed by atoms with Crippen molar-refractivity contribution in [2.45, 2.75) is 0 Å². The molecule has 0 saturated carbocycles. The van der Waals surface area contributed by atoms with Crippen LogP contribution in [0.15, 0.2) is 170 Å². The Kier molecular flexibility index (Phi) is 13.2. The number of hydrogen-bond acceptors (Lipinski definition) is 0. The first kappa shape index (κ1) is 30.8. The second-order valence-electron chi connectivity index (χ2n) is 8.30. The summed E-state index contributed by atoms with van der Waals surface area (Å²) in [6.07, 6.45) is 0. The van der Waals surface area contributed by atoms with Crippen molar-refractivity contribution in [3.63, 3.8) is 0 Å². The maximum Gasteiger partial charge on any atom is 2.00 e. The van der Waals surface area contributed by atoms with Gasteiger partial charge >= 0.3 is 17.1 Å². The normalized spacial score (nSPS) is 10.2. The molecule has 190 valence electrons. The number of hydrogen-bond donors (Lipinski definition) is 0. The van der Waals surface area contributed by atoms with E-state index in [1.54, 1.807) is 0 Å². The summed E-state index contributed by atoms with van der Waals surface area (Å²) < 4.78 is 0. The molecule has 4 heteroatoms. The molecule has 0 aliphatic rings. The molecule has 0 spiro atoms. The van der Waals surface area contributed by atoms with E-state index < -0.39 is 15.8 Å². The summed E-state index contributed by atoms with van der Waals surface area (Å²) in [6, 6.07) is 60.5. The Labute approximate surface area is 269 Å². The minimum atomic E-state index is -0.409. The van der Waals surface area contributed by atoms with Crippen LogP contribution < -0.4 is 31.8 Å². The van der Waals surface area contributed by atoms with E-state index in [9.17, 15) is 0 Å². The molecule has 0 saturated heterocycles. The van der Waals surface area contributed by atoms with Gasteiger partial charge in [-0.05, 0) is 21.2 Å². The standard InChI is InChI=1S/2C17H14P.Ar.Fe/c2*1-3-9-15(10-4-1)18(17-13-7-8-14-17)16-11-5-2-6-12-16;;/h2*1-14H;;/q2*-1;;+2. The van der Waals surface area contributed by atoms with Crippen LogP contribution in [-0.2, 0) is 17.1 Å². The van der Waals surface area contributed by atoms with Crippen molar-refractivity contribution >= 4 is 47.7 Å². The van der Waals surface area contributed by atoms with Crippen molar-refractivity contribution in [2.75, 3.05) is 0 Å². The molecule has 0 heterocycles. The van der Waals surface area contributed by atoms with Gasteiger partial charge in [-0.25, -0.2) is 24.3 Å². The van der Waals surface area contributed by atoms with Crippen LogP contribution in [0.3, 0.4) is 0 Å². The van der Waals surface area contributed by atoms with Crippen molar-refractivity contribution in [2.24, 2.45) is 0 Å². The van der Waals surface area contributed by atoms with Crippen LogP contribution in [0.2, 0.25) is 0 Å². The number of benzene rings is 4. The molecule has 6 rings (SSSR count). The van der Waals surface area contributed by atoms with Gasteiger partial charge in [-0.2, -0.15) is 24.3 Å². The molecule has 0 unspecified atom stereocenters. The zero-order valence-corrected chi connectivity index (χ0v) is 24.4. The molecule has 0 bridgehead atoms. The van der Waals surface area contributed by atoms with Crippen molar-refractivity contribution in [3.05, 3.63) is 170 Å². The van der Waals surface area contributed by atoms with Crippen LogP contribution in [0, 0.1) is 37.7 Å². The Balaban J connectivity index is 0.000000200. The first-order valence-electron chi connectivity index (χ1n) is 12.1. The molecule has 0 radical (unpaired) electrons. The van der Waals surface area contributed by atoms with Gasteiger partial charge in [0, 0.05) is 37.7 Å². The van der Waals surface area contributed by atoms with E-state index in [2.05, 4.69) is 170 Å². The second kappa shape index (κ2) is 16.4. The Morgan fingerprint density at radius 2 is 0.526 bits per heavy atom. The molecule has 0 nitrogen and oxygen atoms in total. The molecular formula is C34H28ArFeP2. The smallest absolute Gasteiger partial charge is 0.213 e. The Hall–Kier alpha value is -1.78. The molecule has 0 atom stereocenters. The van der Waals surface area contributed by atoms with E-state index in [0.29, 0.717) is 0 Å². The van der Waals surface area contributed by atoms with Gasteiger partial charge in [0.25, 0.3) is 0 Å². The molecule has 0 aliphatic carbocycles. The molecule has 0 N–H and O–H groups in total. The summed E-state index contributed by atoms with van der Waals surface area (Å²) in [5.41, 5.74) is 0. The van der Waals surface area contributed by atoms with Crippen LogP contribution in [-0.4, -0.2) is 0 Å². The zero-order chi connectivity index (χ0) is 24.4. The largest absolute Gasteiger partial charge is 2.00 e. The first-order chi connectivity index (χ1) is 17.9. The average molecular weight is 594 g/mol. The fourth-order valence-electron chi connectivity index (χ4n) is 4.23. The fourth-order valence-corrected chi connectivity index (χ4v) is 8.84. The molecule has 6 aromatic carbocycles. The van der Waals surface area contributed by atoms with Crippen molar-refractivity contribution in [1.29, 1.82) is 0 Å². The van der Waals surface area contributed by atoms with Gasteiger partial charge < -0.3 is 0 Å². The van der Waals surface area contributed by atoms with Gasteiger partial charge in [0.2, 0.25) is 0 Å². The van der Waals surface area contributed by atoms with E-state index in [4.69, 9.17) is 0 Å². The van der Waals surface area contributed by atoms with Gasteiger partial charge in [0.1, 0.15) is 0 Å². The minimum absolute atomic E-state index is 0. The van der Waals surface area contributed by atoms with Gasteiger partial charge in [-0.3, -0.25) is 0 Å². The van der Waals surface area contributed by atoms with Gasteiger partial charge in [-0.1, -0.05) is 137 Å². The third kappa shape index (κ3) is 8.11. The van der Waals surface area contributed by atoms with Gasteiger partial charge in [0.15, 0.2) is 0 Å². The van der Waals surface area contributed by atoms with Crippen LogP contribution in [0.4, 0.5) is 0 Å². The maximum atomic E-state index is 2.23. The summed E-state index contributed by atoms with van der Waals surface area (Å²) in [5, 5.41) is 8.47. The minimum Gasteiger partial charge on any atom is -0.213 e. The SMILES string of the molecule is [Ar].[Fe+2].c1ccc(P(c2ccccc2)[c-]2cccc2)cc1.c1ccc(P(c2ccccc2)[c-]2cccc2)cc1. The van der Waals surface area contributed by atoms with Crippen molar-refractivity contribution in [1.82, 2.24) is 0 Å². The molecule has 0 amide bonds. The van der Waals surface area contributed by atoms with Crippen LogP contribution in [0.25, 0.3) is 0 Å². The van der Waals surface area contributed by atoms with E-state index in [0.717, 1.165) is 0 Å². The van der Waals surface area contributed by atoms with Crippen LogP contribution in [0.5, 0.6) is 0 Å². The Bertz CT molecular complexity index is 1210. The summed E-state index contributed by atoms with van der Waals surface area (Å²) in [6.45, 7) is 0. The molecule has 38 heavy (non-hydrogen) atoms. The molecule has 0 fully saturated rings. The molecular weight excluding hydrogens is 566 g/mol. The maximum absolute atomic E-state index is 2.23. The topological polar surface area (TPSA) is 0 Å². The molecule has 0 aliphatic heterocycles. The second-order valence-corrected chi connectivity index (χ2v) is 12.7. The zero-order valence-electron chi connectivity index (χ0n) is 20.8. The summed E-state index contributed by atoms with van der Waals surface area (Å²) >= 11 is 0. The predicted octanol–water partition coefficient (Wildman–Crippen LogP) is 6.32. The summed E-state index contributed by atoms with van der Waals surface area (Å²) in [4.78, 5) is 0. The van der Waals surface area contributed by atoms with Crippen LogP contribution >= 0.6 is 15.8 Å². The quantitative estimate of drug-likeness (QED) is 0.120. The van der Waals surface area contributed by atoms with Gasteiger partial charge in [0.05, 0.1) is 0 Å². The fraction of sp³-hybridized carbons (Fsp3) is 0. The Morgan fingerprint density at radius 3 is 0.737 bits per heavy atom. The predicted molar refractivity (Wildman–Crippen MR) is 161 cm³/mol. The van der Waals surface area contributed by atoms with Crippen LogP contribution in [0.1, 0.15) is 0 Å². The van der Waals surface area contributed by atoms with E-state index in [1.807, 2.05) is 0 Å². The average Bonchev–Trinajstić information content (AvgIpc) is 3.68. The van der Waals surface area contributed by atoms with Crippen molar-refractivity contribution < 1.29 is 54.8 Å². The molecule has 0 aromatic heterocycles. The molecule has 6 aromatic rings. The monoisotopic (exact) mass is 594 g/mol. The van der Waals surface area contributed by atoms with E-state index in [-0.39, 0.29) is 54.8 Å². The third-order valence-electron chi connectivity index (χ3n) is 5.86. The summed E-state index contributed by atoms with van der Waals surface area (Å²) in [7, 11) is -0.818. The number of rotatable bonds is 6.